The fraction of sp³-hybridized carbons (Fsp3) is 0.474. The van der Waals surface area contributed by atoms with Gasteiger partial charge in [-0.3, -0.25) is 4.79 Å². The van der Waals surface area contributed by atoms with Crippen molar-refractivity contribution in [1.29, 1.82) is 0 Å². The largest absolute Gasteiger partial charge is 0.507 e. The second-order valence-electron chi connectivity index (χ2n) is 6.18. The molecule has 7 heteroatoms. The molecule has 0 saturated carbocycles. The number of nitrogens with zero attached hydrogens (tertiary/aromatic N) is 3. The Morgan fingerprint density at radius 1 is 1.23 bits per heavy atom. The summed E-state index contributed by atoms with van der Waals surface area (Å²) in [4.78, 5) is 23.7. The van der Waals surface area contributed by atoms with E-state index in [0.29, 0.717) is 23.7 Å². The molecule has 1 heterocycles. The molecule has 0 aliphatic heterocycles. The van der Waals surface area contributed by atoms with Crippen LogP contribution in [0.5, 0.6) is 11.5 Å². The van der Waals surface area contributed by atoms with Crippen molar-refractivity contribution in [2.24, 2.45) is 0 Å². The molecule has 0 bridgehead atoms. The first-order chi connectivity index (χ1) is 12.6. The van der Waals surface area contributed by atoms with Crippen molar-refractivity contribution < 1.29 is 14.6 Å². The van der Waals surface area contributed by atoms with E-state index in [2.05, 4.69) is 27.2 Å². The molecule has 140 valence electrons. The number of aromatic nitrogens is 3. The first-order valence-electron chi connectivity index (χ1n) is 8.99. The molecule has 0 aliphatic carbocycles. The second kappa shape index (κ2) is 10.3. The van der Waals surface area contributed by atoms with Gasteiger partial charge in [0, 0.05) is 12.6 Å². The molecule has 1 amide bonds. The Morgan fingerprint density at radius 2 is 2.00 bits per heavy atom. The molecule has 0 aliphatic rings. The van der Waals surface area contributed by atoms with Gasteiger partial charge < -0.3 is 15.2 Å². The molecular weight excluding hydrogens is 332 g/mol. The number of nitrogens with one attached hydrogen (secondary N) is 1. The number of ether oxygens (including phenoxy) is 1. The lowest BCUT2D eigenvalue weighted by molar-refractivity contribution is -0.122. The minimum Gasteiger partial charge on any atom is -0.507 e. The molecule has 26 heavy (non-hydrogen) atoms. The maximum Gasteiger partial charge on any atom is 0.223 e. The van der Waals surface area contributed by atoms with Gasteiger partial charge in [-0.05, 0) is 25.5 Å². The molecule has 1 aromatic heterocycles. The van der Waals surface area contributed by atoms with E-state index in [0.717, 1.165) is 12.8 Å². The van der Waals surface area contributed by atoms with E-state index in [9.17, 15) is 9.90 Å². The highest BCUT2D eigenvalue weighted by atomic mass is 16.5. The highest BCUT2D eigenvalue weighted by Crippen LogP contribution is 2.30. The Labute approximate surface area is 153 Å². The van der Waals surface area contributed by atoms with Gasteiger partial charge in [-0.25, -0.2) is 15.0 Å². The van der Waals surface area contributed by atoms with E-state index in [1.54, 1.807) is 12.1 Å². The average molecular weight is 358 g/mol. The zero-order chi connectivity index (χ0) is 18.8. The van der Waals surface area contributed by atoms with Crippen LogP contribution in [0.4, 0.5) is 0 Å². The van der Waals surface area contributed by atoms with Crippen molar-refractivity contribution in [3.8, 4) is 22.9 Å². The van der Waals surface area contributed by atoms with Gasteiger partial charge in [0.25, 0.3) is 0 Å². The van der Waals surface area contributed by atoms with Crippen molar-refractivity contribution in [2.75, 3.05) is 6.54 Å². The van der Waals surface area contributed by atoms with Crippen LogP contribution in [0.25, 0.3) is 11.4 Å². The zero-order valence-electron chi connectivity index (χ0n) is 15.3. The molecule has 0 saturated heterocycles. The lowest BCUT2D eigenvalue weighted by Crippen LogP contribution is -2.29. The number of phenolic OH excluding ortho intramolecular Hbond substituents is 1. The lowest BCUT2D eigenvalue weighted by atomic mass is 10.1. The Bertz CT molecular complexity index is 694. The Hall–Kier alpha value is -2.70. The van der Waals surface area contributed by atoms with Crippen molar-refractivity contribution in [3.63, 3.8) is 0 Å². The summed E-state index contributed by atoms with van der Waals surface area (Å²) in [6.45, 7) is 4.69. The summed E-state index contributed by atoms with van der Waals surface area (Å²) in [5.74, 6) is 0.865. The normalized spacial score (nSPS) is 11.8. The number of hydrogen-bond donors (Lipinski definition) is 2. The van der Waals surface area contributed by atoms with Gasteiger partial charge in [-0.15, -0.1) is 0 Å². The van der Waals surface area contributed by atoms with E-state index in [-0.39, 0.29) is 24.2 Å². The van der Waals surface area contributed by atoms with Crippen LogP contribution in [0.15, 0.2) is 30.9 Å². The molecule has 2 N–H and O–H groups in total. The van der Waals surface area contributed by atoms with Gasteiger partial charge in [-0.2, -0.15) is 0 Å². The fourth-order valence-electron chi connectivity index (χ4n) is 2.54. The quantitative estimate of drug-likeness (QED) is 0.634. The van der Waals surface area contributed by atoms with Crippen LogP contribution in [-0.2, 0) is 4.79 Å². The van der Waals surface area contributed by atoms with Gasteiger partial charge in [0.05, 0.1) is 12.0 Å². The number of unbranched alkanes of at least 4 members (excludes halogenated alkanes) is 3. The smallest absolute Gasteiger partial charge is 0.223 e. The Morgan fingerprint density at radius 3 is 2.69 bits per heavy atom. The maximum absolute atomic E-state index is 11.9. The van der Waals surface area contributed by atoms with Crippen LogP contribution in [0.1, 0.15) is 46.0 Å². The molecule has 0 fully saturated rings. The van der Waals surface area contributed by atoms with Gasteiger partial charge in [0.15, 0.2) is 5.82 Å². The Balaban J connectivity index is 1.82. The van der Waals surface area contributed by atoms with E-state index in [4.69, 9.17) is 4.74 Å². The van der Waals surface area contributed by atoms with E-state index >= 15 is 0 Å². The third-order valence-electron chi connectivity index (χ3n) is 3.87. The SMILES string of the molecule is CCCCCCNC(=O)CC(C)Oc1ccc(-c2ncncn2)c(O)c1. The van der Waals surface area contributed by atoms with Crippen molar-refractivity contribution in [2.45, 2.75) is 52.1 Å². The molecule has 0 spiro atoms. The number of carbonyl (C=O) groups excluding carboxylic acids is 1. The summed E-state index contributed by atoms with van der Waals surface area (Å²) >= 11 is 0. The predicted octanol–water partition coefficient (Wildman–Crippen LogP) is 3.10. The molecule has 1 atom stereocenters. The minimum absolute atomic E-state index is 0.0151. The summed E-state index contributed by atoms with van der Waals surface area (Å²) in [5, 5.41) is 13.1. The molecule has 2 rings (SSSR count). The van der Waals surface area contributed by atoms with E-state index in [1.165, 1.54) is 31.6 Å². The van der Waals surface area contributed by atoms with Crippen LogP contribution >= 0.6 is 0 Å². The van der Waals surface area contributed by atoms with Crippen LogP contribution in [0, 0.1) is 0 Å². The number of benzene rings is 1. The molecule has 7 nitrogen and oxygen atoms in total. The van der Waals surface area contributed by atoms with Gasteiger partial charge in [0.2, 0.25) is 5.91 Å². The van der Waals surface area contributed by atoms with Crippen molar-refractivity contribution in [1.82, 2.24) is 20.3 Å². The predicted molar refractivity (Wildman–Crippen MR) is 98.8 cm³/mol. The molecule has 0 radical (unpaired) electrons. The number of amides is 1. The topological polar surface area (TPSA) is 97.2 Å². The maximum atomic E-state index is 11.9. The first kappa shape index (κ1) is 19.6. The van der Waals surface area contributed by atoms with Crippen molar-refractivity contribution in [3.05, 3.63) is 30.9 Å². The fourth-order valence-corrected chi connectivity index (χ4v) is 2.54. The highest BCUT2D eigenvalue weighted by molar-refractivity contribution is 5.76. The summed E-state index contributed by atoms with van der Waals surface area (Å²) in [7, 11) is 0. The third kappa shape index (κ3) is 6.31. The number of carbonyl (C=O) groups is 1. The summed E-state index contributed by atoms with van der Waals surface area (Å²) < 4.78 is 5.73. The Kier molecular flexibility index (Phi) is 7.79. The van der Waals surface area contributed by atoms with Gasteiger partial charge in [-0.1, -0.05) is 26.2 Å². The molecular formula is C19H26N4O3. The van der Waals surface area contributed by atoms with Crippen LogP contribution in [-0.4, -0.2) is 38.6 Å². The van der Waals surface area contributed by atoms with E-state index < -0.39 is 0 Å². The van der Waals surface area contributed by atoms with Crippen LogP contribution < -0.4 is 10.1 Å². The van der Waals surface area contributed by atoms with Crippen LogP contribution in [0.3, 0.4) is 0 Å². The van der Waals surface area contributed by atoms with Gasteiger partial charge >= 0.3 is 0 Å². The highest BCUT2D eigenvalue weighted by Gasteiger charge is 2.13. The molecule has 2 aromatic rings. The summed E-state index contributed by atoms with van der Waals surface area (Å²) in [6.07, 6.45) is 7.22. The second-order valence-corrected chi connectivity index (χ2v) is 6.18. The minimum atomic E-state index is -0.298. The first-order valence-corrected chi connectivity index (χ1v) is 8.99. The monoisotopic (exact) mass is 358 g/mol. The zero-order valence-corrected chi connectivity index (χ0v) is 15.3. The average Bonchev–Trinajstić information content (AvgIpc) is 2.62. The molecule has 1 aromatic carbocycles. The lowest BCUT2D eigenvalue weighted by Gasteiger charge is -2.15. The third-order valence-corrected chi connectivity index (χ3v) is 3.87. The summed E-state index contributed by atoms with van der Waals surface area (Å²) in [6, 6.07) is 4.90. The number of rotatable bonds is 10. The summed E-state index contributed by atoms with van der Waals surface area (Å²) in [5.41, 5.74) is 0.497. The standard InChI is InChI=1S/C19H26N4O3/c1-3-4-5-6-9-21-18(25)10-14(2)26-15-7-8-16(17(24)11-15)19-22-12-20-13-23-19/h7-8,11-14,24H,3-6,9-10H2,1-2H3,(H,21,25). The van der Waals surface area contributed by atoms with E-state index in [1.807, 2.05) is 6.92 Å². The van der Waals surface area contributed by atoms with Crippen LogP contribution in [0.2, 0.25) is 0 Å². The number of phenols is 1. The van der Waals surface area contributed by atoms with Gasteiger partial charge in [0.1, 0.15) is 30.3 Å². The number of hydrogen-bond acceptors (Lipinski definition) is 6. The molecule has 1 unspecified atom stereocenters. The van der Waals surface area contributed by atoms with Crippen molar-refractivity contribution >= 4 is 5.91 Å². The number of aromatic hydroxyl groups is 1.